The van der Waals surface area contributed by atoms with Crippen LogP contribution >= 0.6 is 0 Å². The predicted molar refractivity (Wildman–Crippen MR) is 62.9 cm³/mol. The predicted octanol–water partition coefficient (Wildman–Crippen LogP) is 1.40. The standard InChI is InChI=1S/C13H18FNO2/c1-2-12-10(7-16)13(15,8-17-12)9-5-3-4-6-11(9)14/h3-6,10,12,16H,2,7-8,15H2,1H3/t10-,12-,13-/m1/s1. The van der Waals surface area contributed by atoms with Crippen LogP contribution in [0.15, 0.2) is 24.3 Å². The third-order valence-electron chi connectivity index (χ3n) is 3.62. The molecular formula is C13H18FNO2. The first-order valence-corrected chi connectivity index (χ1v) is 5.89. The first-order chi connectivity index (χ1) is 8.13. The average Bonchev–Trinajstić information content (AvgIpc) is 2.67. The van der Waals surface area contributed by atoms with Crippen LogP contribution in [-0.4, -0.2) is 24.4 Å². The van der Waals surface area contributed by atoms with Crippen LogP contribution in [-0.2, 0) is 10.3 Å². The molecule has 3 atom stereocenters. The smallest absolute Gasteiger partial charge is 0.128 e. The van der Waals surface area contributed by atoms with Gasteiger partial charge in [0, 0.05) is 11.5 Å². The molecule has 0 saturated carbocycles. The normalized spacial score (nSPS) is 32.9. The van der Waals surface area contributed by atoms with E-state index in [1.165, 1.54) is 6.07 Å². The minimum absolute atomic E-state index is 0.0939. The van der Waals surface area contributed by atoms with E-state index in [9.17, 15) is 9.50 Å². The van der Waals surface area contributed by atoms with E-state index in [2.05, 4.69) is 0 Å². The number of aliphatic hydroxyl groups excluding tert-OH is 1. The van der Waals surface area contributed by atoms with E-state index in [1.54, 1.807) is 18.2 Å². The van der Waals surface area contributed by atoms with Crippen molar-refractivity contribution in [2.45, 2.75) is 25.0 Å². The summed E-state index contributed by atoms with van der Waals surface area (Å²) in [7, 11) is 0. The van der Waals surface area contributed by atoms with Crippen molar-refractivity contribution in [2.24, 2.45) is 11.7 Å². The van der Waals surface area contributed by atoms with E-state index >= 15 is 0 Å². The van der Waals surface area contributed by atoms with E-state index in [0.717, 1.165) is 6.42 Å². The Labute approximate surface area is 100 Å². The van der Waals surface area contributed by atoms with Crippen LogP contribution in [0.1, 0.15) is 18.9 Å². The molecule has 0 unspecified atom stereocenters. The highest BCUT2D eigenvalue weighted by Gasteiger charge is 2.48. The molecule has 94 valence electrons. The summed E-state index contributed by atoms with van der Waals surface area (Å²) in [5.41, 5.74) is 5.77. The highest BCUT2D eigenvalue weighted by atomic mass is 19.1. The Morgan fingerprint density at radius 2 is 2.24 bits per heavy atom. The first kappa shape index (κ1) is 12.5. The van der Waals surface area contributed by atoms with Gasteiger partial charge in [-0.2, -0.15) is 0 Å². The second-order valence-electron chi connectivity index (χ2n) is 4.57. The molecule has 3 nitrogen and oxygen atoms in total. The highest BCUT2D eigenvalue weighted by Crippen LogP contribution is 2.39. The number of aliphatic hydroxyl groups is 1. The van der Waals surface area contributed by atoms with Gasteiger partial charge in [0.05, 0.1) is 24.9 Å². The number of hydrogen-bond donors (Lipinski definition) is 2. The summed E-state index contributed by atoms with van der Waals surface area (Å²) >= 11 is 0. The molecule has 17 heavy (non-hydrogen) atoms. The van der Waals surface area contributed by atoms with Gasteiger partial charge in [-0.15, -0.1) is 0 Å². The van der Waals surface area contributed by atoms with Crippen molar-refractivity contribution in [1.82, 2.24) is 0 Å². The van der Waals surface area contributed by atoms with Crippen LogP contribution in [0.2, 0.25) is 0 Å². The monoisotopic (exact) mass is 239 g/mol. The summed E-state index contributed by atoms with van der Waals surface area (Å²) in [5.74, 6) is -0.599. The lowest BCUT2D eigenvalue weighted by Gasteiger charge is -2.30. The van der Waals surface area contributed by atoms with Crippen molar-refractivity contribution in [2.75, 3.05) is 13.2 Å². The van der Waals surface area contributed by atoms with Crippen LogP contribution in [0.3, 0.4) is 0 Å². The van der Waals surface area contributed by atoms with Crippen molar-refractivity contribution < 1.29 is 14.2 Å². The maximum absolute atomic E-state index is 13.8. The number of rotatable bonds is 3. The number of nitrogens with two attached hydrogens (primary N) is 1. The molecule has 0 spiro atoms. The summed E-state index contributed by atoms with van der Waals surface area (Å²) in [5, 5.41) is 9.47. The topological polar surface area (TPSA) is 55.5 Å². The molecular weight excluding hydrogens is 221 g/mol. The molecule has 1 saturated heterocycles. The van der Waals surface area contributed by atoms with Gasteiger partial charge in [-0.1, -0.05) is 25.1 Å². The minimum atomic E-state index is -0.930. The second-order valence-corrected chi connectivity index (χ2v) is 4.57. The van der Waals surface area contributed by atoms with Crippen LogP contribution in [0.25, 0.3) is 0 Å². The average molecular weight is 239 g/mol. The molecule has 1 aromatic carbocycles. The van der Waals surface area contributed by atoms with Crippen LogP contribution in [0, 0.1) is 11.7 Å². The van der Waals surface area contributed by atoms with Crippen LogP contribution in [0.5, 0.6) is 0 Å². The molecule has 1 heterocycles. The van der Waals surface area contributed by atoms with Crippen molar-refractivity contribution in [3.8, 4) is 0 Å². The Bertz CT molecular complexity index is 399. The lowest BCUT2D eigenvalue weighted by atomic mass is 9.78. The first-order valence-electron chi connectivity index (χ1n) is 5.89. The second kappa shape index (κ2) is 4.72. The number of benzene rings is 1. The van der Waals surface area contributed by atoms with Gasteiger partial charge in [-0.05, 0) is 12.5 Å². The van der Waals surface area contributed by atoms with Crippen molar-refractivity contribution in [3.63, 3.8) is 0 Å². The summed E-state index contributed by atoms with van der Waals surface area (Å²) < 4.78 is 19.4. The molecule has 1 aliphatic heterocycles. The van der Waals surface area contributed by atoms with Gasteiger partial charge in [0.2, 0.25) is 0 Å². The minimum Gasteiger partial charge on any atom is -0.396 e. The molecule has 0 radical (unpaired) electrons. The molecule has 0 amide bonds. The van der Waals surface area contributed by atoms with Crippen LogP contribution in [0.4, 0.5) is 4.39 Å². The van der Waals surface area contributed by atoms with Gasteiger partial charge in [-0.25, -0.2) is 4.39 Å². The molecule has 3 N–H and O–H groups in total. The zero-order valence-corrected chi connectivity index (χ0v) is 9.90. The third kappa shape index (κ3) is 1.97. The molecule has 1 aliphatic rings. The summed E-state index contributed by atoms with van der Waals surface area (Å²) in [6, 6.07) is 6.43. The lowest BCUT2D eigenvalue weighted by Crippen LogP contribution is -2.47. The number of hydrogen-bond acceptors (Lipinski definition) is 3. The molecule has 0 bridgehead atoms. The Kier molecular flexibility index (Phi) is 3.47. The fourth-order valence-electron chi connectivity index (χ4n) is 2.60. The van der Waals surface area contributed by atoms with Crippen molar-refractivity contribution in [3.05, 3.63) is 35.6 Å². The van der Waals surface area contributed by atoms with E-state index in [0.29, 0.717) is 5.56 Å². The van der Waals surface area contributed by atoms with Gasteiger partial charge in [0.25, 0.3) is 0 Å². The Morgan fingerprint density at radius 3 is 2.82 bits per heavy atom. The van der Waals surface area contributed by atoms with Gasteiger partial charge >= 0.3 is 0 Å². The zero-order valence-electron chi connectivity index (χ0n) is 9.90. The molecule has 2 rings (SSSR count). The van der Waals surface area contributed by atoms with Gasteiger partial charge in [-0.3, -0.25) is 0 Å². The fraction of sp³-hybridized carbons (Fsp3) is 0.538. The maximum atomic E-state index is 13.8. The largest absolute Gasteiger partial charge is 0.396 e. The van der Waals surface area contributed by atoms with Crippen molar-refractivity contribution in [1.29, 1.82) is 0 Å². The number of ether oxygens (including phenoxy) is 1. The molecule has 0 aromatic heterocycles. The Hall–Kier alpha value is -0.970. The summed E-state index contributed by atoms with van der Waals surface area (Å²) in [4.78, 5) is 0. The van der Waals surface area contributed by atoms with E-state index < -0.39 is 5.54 Å². The Morgan fingerprint density at radius 1 is 1.53 bits per heavy atom. The molecule has 4 heteroatoms. The zero-order chi connectivity index (χ0) is 12.5. The van der Waals surface area contributed by atoms with E-state index in [1.807, 2.05) is 6.92 Å². The molecule has 1 aromatic rings. The number of halogens is 1. The van der Waals surface area contributed by atoms with Crippen molar-refractivity contribution >= 4 is 0 Å². The van der Waals surface area contributed by atoms with Gasteiger partial charge in [0.1, 0.15) is 5.82 Å². The molecule has 0 aliphatic carbocycles. The highest BCUT2D eigenvalue weighted by molar-refractivity contribution is 5.29. The SMILES string of the molecule is CC[C@H]1OC[C@@](N)(c2ccccc2F)[C@@H]1CO. The maximum Gasteiger partial charge on any atom is 0.128 e. The van der Waals surface area contributed by atoms with Crippen LogP contribution < -0.4 is 5.73 Å². The van der Waals surface area contributed by atoms with Gasteiger partial charge in [0.15, 0.2) is 0 Å². The van der Waals surface area contributed by atoms with E-state index in [4.69, 9.17) is 10.5 Å². The Balaban J connectivity index is 2.39. The summed E-state index contributed by atoms with van der Waals surface area (Å²) in [6.45, 7) is 2.13. The molecule has 1 fully saturated rings. The third-order valence-corrected chi connectivity index (χ3v) is 3.62. The van der Waals surface area contributed by atoms with Gasteiger partial charge < -0.3 is 15.6 Å². The van der Waals surface area contributed by atoms with E-state index in [-0.39, 0.29) is 31.1 Å². The summed E-state index contributed by atoms with van der Waals surface area (Å²) in [6.07, 6.45) is 0.656. The quantitative estimate of drug-likeness (QED) is 0.838. The lowest BCUT2D eigenvalue weighted by molar-refractivity contribution is 0.0693. The fourth-order valence-corrected chi connectivity index (χ4v) is 2.60.